The lowest BCUT2D eigenvalue weighted by Crippen LogP contribution is -2.51. The Bertz CT molecular complexity index is 681. The van der Waals surface area contributed by atoms with E-state index >= 15 is 0 Å². The highest BCUT2D eigenvalue weighted by Gasteiger charge is 2.44. The molecule has 108 valence electrons. The number of rotatable bonds is 2. The van der Waals surface area contributed by atoms with E-state index in [0.29, 0.717) is 35.4 Å². The van der Waals surface area contributed by atoms with Gasteiger partial charge in [0, 0.05) is 18.4 Å². The van der Waals surface area contributed by atoms with Crippen molar-refractivity contribution in [1.29, 1.82) is 0 Å². The van der Waals surface area contributed by atoms with Crippen molar-refractivity contribution in [3.05, 3.63) is 41.6 Å². The van der Waals surface area contributed by atoms with Gasteiger partial charge in [0.25, 0.3) is 11.8 Å². The molecule has 1 aromatic rings. The van der Waals surface area contributed by atoms with Gasteiger partial charge in [-0.15, -0.1) is 0 Å². The van der Waals surface area contributed by atoms with Gasteiger partial charge in [-0.25, -0.2) is 0 Å². The number of hydrogen-bond donors (Lipinski definition) is 2. The molecule has 6 heteroatoms. The van der Waals surface area contributed by atoms with E-state index in [0.717, 1.165) is 4.90 Å². The van der Waals surface area contributed by atoms with Crippen LogP contribution >= 0.6 is 0 Å². The lowest BCUT2D eigenvalue weighted by atomic mass is 10.0. The zero-order chi connectivity index (χ0) is 15.1. The monoisotopic (exact) mass is 285 g/mol. The molecule has 1 atom stereocenters. The van der Waals surface area contributed by atoms with E-state index in [2.05, 4.69) is 17.2 Å². The predicted molar refractivity (Wildman–Crippen MR) is 76.8 cm³/mol. The summed E-state index contributed by atoms with van der Waals surface area (Å²) in [5, 5.41) is 5.51. The molecule has 0 radical (unpaired) electrons. The number of nitrogens with one attached hydrogen (secondary N) is 2. The van der Waals surface area contributed by atoms with Gasteiger partial charge in [-0.1, -0.05) is 12.6 Å². The van der Waals surface area contributed by atoms with Crippen molar-refractivity contribution in [1.82, 2.24) is 10.2 Å². The minimum atomic E-state index is -0.771. The molecule has 2 aliphatic heterocycles. The van der Waals surface area contributed by atoms with Gasteiger partial charge < -0.3 is 10.6 Å². The summed E-state index contributed by atoms with van der Waals surface area (Å²) in [6, 6.07) is 4.28. The molecular weight excluding hydrogens is 270 g/mol. The third kappa shape index (κ3) is 1.91. The van der Waals surface area contributed by atoms with Crippen molar-refractivity contribution in [3.8, 4) is 0 Å². The summed E-state index contributed by atoms with van der Waals surface area (Å²) in [7, 11) is 1.69. The number of benzene rings is 1. The fourth-order valence-corrected chi connectivity index (χ4v) is 2.80. The summed E-state index contributed by atoms with van der Waals surface area (Å²) >= 11 is 0. The Balaban J connectivity index is 2.00. The highest BCUT2D eigenvalue weighted by Crippen LogP contribution is 2.32. The number of allylic oxidation sites excluding steroid dienone is 1. The first-order valence-electron chi connectivity index (χ1n) is 6.72. The van der Waals surface area contributed by atoms with Crippen LogP contribution in [-0.4, -0.2) is 35.7 Å². The van der Waals surface area contributed by atoms with Crippen molar-refractivity contribution in [2.75, 3.05) is 12.4 Å². The van der Waals surface area contributed by atoms with Crippen molar-refractivity contribution in [3.63, 3.8) is 0 Å². The molecule has 0 spiro atoms. The molecule has 2 N–H and O–H groups in total. The zero-order valence-corrected chi connectivity index (χ0v) is 11.6. The molecule has 3 amide bonds. The quantitative estimate of drug-likeness (QED) is 0.798. The van der Waals surface area contributed by atoms with Crippen molar-refractivity contribution < 1.29 is 14.4 Å². The minimum absolute atomic E-state index is 0.335. The average molecular weight is 285 g/mol. The van der Waals surface area contributed by atoms with Crippen LogP contribution in [0.3, 0.4) is 0 Å². The van der Waals surface area contributed by atoms with Crippen molar-refractivity contribution in [2.24, 2.45) is 0 Å². The van der Waals surface area contributed by atoms with Gasteiger partial charge in [0.05, 0.1) is 11.1 Å². The molecule has 0 aliphatic carbocycles. The molecule has 2 aliphatic rings. The van der Waals surface area contributed by atoms with Crippen molar-refractivity contribution in [2.45, 2.75) is 18.9 Å². The Labute approximate surface area is 121 Å². The van der Waals surface area contributed by atoms with Gasteiger partial charge in [0.15, 0.2) is 0 Å². The van der Waals surface area contributed by atoms with E-state index in [1.807, 2.05) is 0 Å². The van der Waals surface area contributed by atoms with Gasteiger partial charge in [-0.3, -0.25) is 19.3 Å². The number of nitrogens with zero attached hydrogens (tertiary/aromatic N) is 1. The van der Waals surface area contributed by atoms with Crippen LogP contribution in [0.25, 0.3) is 0 Å². The van der Waals surface area contributed by atoms with E-state index in [1.165, 1.54) is 0 Å². The molecule has 21 heavy (non-hydrogen) atoms. The highest BCUT2D eigenvalue weighted by molar-refractivity contribution is 6.25. The molecule has 1 aromatic carbocycles. The van der Waals surface area contributed by atoms with Crippen LogP contribution in [0, 0.1) is 0 Å². The smallest absolute Gasteiger partial charge is 0.264 e. The number of piperidine rings is 1. The van der Waals surface area contributed by atoms with Crippen LogP contribution < -0.4 is 10.6 Å². The molecule has 6 nitrogen and oxygen atoms in total. The minimum Gasteiger partial charge on any atom is -0.387 e. The second-order valence-electron chi connectivity index (χ2n) is 5.11. The van der Waals surface area contributed by atoms with Crippen LogP contribution in [0.5, 0.6) is 0 Å². The standard InChI is InChI=1S/C15H15N3O3/c1-8-6-7-11(13(19)17-8)18-14(20)9-4-3-5-10(16-2)12(9)15(18)21/h3-5,11,16H,1,6-7H2,2H3,(H,17,19). The number of anilines is 1. The summed E-state index contributed by atoms with van der Waals surface area (Å²) in [6.07, 6.45) is 0.966. The Hall–Kier alpha value is -2.63. The predicted octanol–water partition coefficient (Wildman–Crippen LogP) is 1.12. The Morgan fingerprint density at radius 3 is 2.71 bits per heavy atom. The van der Waals surface area contributed by atoms with E-state index in [1.54, 1.807) is 25.2 Å². The van der Waals surface area contributed by atoms with Gasteiger partial charge in [-0.2, -0.15) is 0 Å². The van der Waals surface area contributed by atoms with Gasteiger partial charge in [-0.05, 0) is 25.0 Å². The summed E-state index contributed by atoms with van der Waals surface area (Å²) < 4.78 is 0. The SMILES string of the molecule is C=C1CCC(N2C(=O)c3cccc(NC)c3C2=O)C(=O)N1. The largest absolute Gasteiger partial charge is 0.387 e. The Morgan fingerprint density at radius 1 is 1.29 bits per heavy atom. The molecule has 3 rings (SSSR count). The number of imide groups is 1. The summed E-state index contributed by atoms with van der Waals surface area (Å²) in [4.78, 5) is 38.2. The maximum atomic E-state index is 12.6. The van der Waals surface area contributed by atoms with Crippen LogP contribution in [0.4, 0.5) is 5.69 Å². The van der Waals surface area contributed by atoms with E-state index in [-0.39, 0.29) is 5.91 Å². The number of amides is 3. The average Bonchev–Trinajstić information content (AvgIpc) is 2.72. The molecule has 1 saturated heterocycles. The third-order valence-corrected chi connectivity index (χ3v) is 3.85. The molecule has 2 heterocycles. The molecule has 0 aromatic heterocycles. The lowest BCUT2D eigenvalue weighted by molar-refractivity contribution is -0.125. The van der Waals surface area contributed by atoms with Crippen molar-refractivity contribution >= 4 is 23.4 Å². The summed E-state index contributed by atoms with van der Waals surface area (Å²) in [5.74, 6) is -1.20. The third-order valence-electron chi connectivity index (χ3n) is 3.85. The van der Waals surface area contributed by atoms with E-state index in [9.17, 15) is 14.4 Å². The first kappa shape index (κ1) is 13.4. The number of hydrogen-bond acceptors (Lipinski definition) is 4. The van der Waals surface area contributed by atoms with Gasteiger partial charge in [0.1, 0.15) is 6.04 Å². The summed E-state index contributed by atoms with van der Waals surface area (Å²) in [5.41, 5.74) is 1.88. The Morgan fingerprint density at radius 2 is 2.05 bits per heavy atom. The molecule has 0 saturated carbocycles. The van der Waals surface area contributed by atoms with Gasteiger partial charge in [0.2, 0.25) is 5.91 Å². The number of carbonyl (C=O) groups excluding carboxylic acids is 3. The van der Waals surface area contributed by atoms with Crippen LogP contribution in [0.1, 0.15) is 33.6 Å². The first-order chi connectivity index (χ1) is 10.0. The second-order valence-corrected chi connectivity index (χ2v) is 5.11. The second kappa shape index (κ2) is 4.73. The zero-order valence-electron chi connectivity index (χ0n) is 11.6. The van der Waals surface area contributed by atoms with Crippen LogP contribution in [0.2, 0.25) is 0 Å². The number of carbonyl (C=O) groups is 3. The van der Waals surface area contributed by atoms with Gasteiger partial charge >= 0.3 is 0 Å². The van der Waals surface area contributed by atoms with E-state index in [4.69, 9.17) is 0 Å². The normalized spacial score (nSPS) is 21.4. The lowest BCUT2D eigenvalue weighted by Gasteiger charge is -2.29. The highest BCUT2D eigenvalue weighted by atomic mass is 16.2. The fraction of sp³-hybridized carbons (Fsp3) is 0.267. The maximum absolute atomic E-state index is 12.6. The molecule has 1 fully saturated rings. The summed E-state index contributed by atoms with van der Waals surface area (Å²) in [6.45, 7) is 3.70. The fourth-order valence-electron chi connectivity index (χ4n) is 2.80. The molecular formula is C15H15N3O3. The topological polar surface area (TPSA) is 78.5 Å². The molecule has 1 unspecified atom stereocenters. The molecule has 0 bridgehead atoms. The number of fused-ring (bicyclic) bond motifs is 1. The Kier molecular flexibility index (Phi) is 3.01. The first-order valence-corrected chi connectivity index (χ1v) is 6.72. The van der Waals surface area contributed by atoms with E-state index < -0.39 is 17.9 Å². The van der Waals surface area contributed by atoms with Crippen LogP contribution in [-0.2, 0) is 4.79 Å². The van der Waals surface area contributed by atoms with Crippen LogP contribution in [0.15, 0.2) is 30.5 Å². The maximum Gasteiger partial charge on any atom is 0.264 e.